The Balaban J connectivity index is 2.35. The number of benzene rings is 1. The lowest BCUT2D eigenvalue weighted by atomic mass is 9.98. The van der Waals surface area contributed by atoms with E-state index in [2.05, 4.69) is 45.2 Å². The van der Waals surface area contributed by atoms with Gasteiger partial charge in [-0.05, 0) is 38.6 Å². The standard InChI is InChI=1S/C14H17BrFN3O/c1-4-10(8(2)17-3)14-18-13(19-20-14)11-7-9(16)5-6-12(11)15/h5-8,10,17H,4H2,1-3H3. The lowest BCUT2D eigenvalue weighted by Gasteiger charge is -2.17. The van der Waals surface area contributed by atoms with Crippen molar-refractivity contribution in [2.24, 2.45) is 0 Å². The van der Waals surface area contributed by atoms with E-state index in [0.717, 1.165) is 10.9 Å². The molecular formula is C14H17BrFN3O. The largest absolute Gasteiger partial charge is 0.339 e. The van der Waals surface area contributed by atoms with Gasteiger partial charge < -0.3 is 9.84 Å². The van der Waals surface area contributed by atoms with Crippen molar-refractivity contribution in [3.63, 3.8) is 0 Å². The molecule has 6 heteroatoms. The highest BCUT2D eigenvalue weighted by Gasteiger charge is 2.23. The minimum atomic E-state index is -0.329. The highest BCUT2D eigenvalue weighted by atomic mass is 79.9. The summed E-state index contributed by atoms with van der Waals surface area (Å²) in [6.45, 7) is 4.14. The van der Waals surface area contributed by atoms with Crippen molar-refractivity contribution in [1.29, 1.82) is 0 Å². The van der Waals surface area contributed by atoms with Gasteiger partial charge in [-0.2, -0.15) is 4.98 Å². The Morgan fingerprint density at radius 3 is 2.85 bits per heavy atom. The number of aromatic nitrogens is 2. The first-order valence-corrected chi connectivity index (χ1v) is 7.32. The van der Waals surface area contributed by atoms with Crippen LogP contribution in [-0.4, -0.2) is 23.2 Å². The van der Waals surface area contributed by atoms with Crippen molar-refractivity contribution in [3.05, 3.63) is 34.4 Å². The van der Waals surface area contributed by atoms with Crippen LogP contribution in [0.1, 0.15) is 32.1 Å². The van der Waals surface area contributed by atoms with Crippen LogP contribution < -0.4 is 5.32 Å². The number of hydrogen-bond acceptors (Lipinski definition) is 4. The molecule has 108 valence electrons. The molecule has 0 radical (unpaired) electrons. The predicted octanol–water partition coefficient (Wildman–Crippen LogP) is 3.74. The molecule has 1 N–H and O–H groups in total. The second kappa shape index (κ2) is 6.45. The molecule has 1 aromatic heterocycles. The van der Waals surface area contributed by atoms with Gasteiger partial charge in [0.1, 0.15) is 5.82 Å². The highest BCUT2D eigenvalue weighted by molar-refractivity contribution is 9.10. The quantitative estimate of drug-likeness (QED) is 0.899. The fraction of sp³-hybridized carbons (Fsp3) is 0.429. The van der Waals surface area contributed by atoms with Crippen LogP contribution in [0.3, 0.4) is 0 Å². The number of hydrogen-bond donors (Lipinski definition) is 1. The van der Waals surface area contributed by atoms with Crippen molar-refractivity contribution < 1.29 is 8.91 Å². The van der Waals surface area contributed by atoms with E-state index < -0.39 is 0 Å². The molecule has 0 aliphatic heterocycles. The molecule has 4 nitrogen and oxygen atoms in total. The zero-order chi connectivity index (χ0) is 14.7. The highest BCUT2D eigenvalue weighted by Crippen LogP contribution is 2.29. The van der Waals surface area contributed by atoms with Crippen molar-refractivity contribution in [2.45, 2.75) is 32.2 Å². The predicted molar refractivity (Wildman–Crippen MR) is 78.9 cm³/mol. The SMILES string of the molecule is CCC(c1nc(-c2cc(F)ccc2Br)no1)C(C)NC. The fourth-order valence-electron chi connectivity index (χ4n) is 2.11. The number of nitrogens with one attached hydrogen (secondary N) is 1. The summed E-state index contributed by atoms with van der Waals surface area (Å²) in [5.41, 5.74) is 0.590. The third kappa shape index (κ3) is 3.07. The van der Waals surface area contributed by atoms with Crippen LogP contribution in [0.25, 0.3) is 11.4 Å². The summed E-state index contributed by atoms with van der Waals surface area (Å²) in [4.78, 5) is 4.41. The van der Waals surface area contributed by atoms with E-state index in [1.54, 1.807) is 6.07 Å². The van der Waals surface area contributed by atoms with Crippen LogP contribution in [0.4, 0.5) is 4.39 Å². The fourth-order valence-corrected chi connectivity index (χ4v) is 2.53. The average molecular weight is 342 g/mol. The summed E-state index contributed by atoms with van der Waals surface area (Å²) in [5, 5.41) is 7.15. The van der Waals surface area contributed by atoms with Gasteiger partial charge in [-0.15, -0.1) is 0 Å². The Kier molecular flexibility index (Phi) is 4.88. The van der Waals surface area contributed by atoms with Crippen LogP contribution in [0.15, 0.2) is 27.2 Å². The number of halogens is 2. The molecule has 0 amide bonds. The number of rotatable bonds is 5. The molecule has 20 heavy (non-hydrogen) atoms. The molecule has 0 spiro atoms. The molecule has 0 bridgehead atoms. The maximum Gasteiger partial charge on any atom is 0.231 e. The zero-order valence-electron chi connectivity index (χ0n) is 11.7. The summed E-state index contributed by atoms with van der Waals surface area (Å²) >= 11 is 3.37. The molecule has 0 fully saturated rings. The Morgan fingerprint density at radius 1 is 1.45 bits per heavy atom. The summed E-state index contributed by atoms with van der Waals surface area (Å²) in [6, 6.07) is 4.63. The second-order valence-electron chi connectivity index (χ2n) is 4.67. The average Bonchev–Trinajstić information content (AvgIpc) is 2.91. The monoisotopic (exact) mass is 341 g/mol. The van der Waals surface area contributed by atoms with Crippen LogP contribution in [0.2, 0.25) is 0 Å². The first kappa shape index (κ1) is 15.1. The van der Waals surface area contributed by atoms with E-state index in [9.17, 15) is 4.39 Å². The van der Waals surface area contributed by atoms with E-state index >= 15 is 0 Å². The van der Waals surface area contributed by atoms with Gasteiger partial charge in [0.2, 0.25) is 11.7 Å². The normalized spacial score (nSPS) is 14.2. The number of nitrogens with zero attached hydrogens (tertiary/aromatic N) is 2. The Labute approximate surface area is 125 Å². The van der Waals surface area contributed by atoms with E-state index in [-0.39, 0.29) is 17.8 Å². The summed E-state index contributed by atoms with van der Waals surface area (Å²) in [6.07, 6.45) is 0.883. The van der Waals surface area contributed by atoms with Crippen LogP contribution in [0, 0.1) is 5.82 Å². The zero-order valence-corrected chi connectivity index (χ0v) is 13.2. The van der Waals surface area contributed by atoms with Gasteiger partial charge >= 0.3 is 0 Å². The van der Waals surface area contributed by atoms with E-state index in [4.69, 9.17) is 4.52 Å². The second-order valence-corrected chi connectivity index (χ2v) is 5.53. The molecule has 2 rings (SSSR count). The molecule has 1 aromatic carbocycles. The maximum atomic E-state index is 13.3. The molecule has 0 aliphatic rings. The summed E-state index contributed by atoms with van der Waals surface area (Å²) < 4.78 is 19.4. The maximum absolute atomic E-state index is 13.3. The van der Waals surface area contributed by atoms with Crippen molar-refractivity contribution in [2.75, 3.05) is 7.05 Å². The van der Waals surface area contributed by atoms with Crippen molar-refractivity contribution in [1.82, 2.24) is 15.5 Å². The Hall–Kier alpha value is -1.27. The van der Waals surface area contributed by atoms with Gasteiger partial charge in [0.05, 0.1) is 5.92 Å². The van der Waals surface area contributed by atoms with Gasteiger partial charge in [-0.3, -0.25) is 0 Å². The molecular weight excluding hydrogens is 325 g/mol. The minimum Gasteiger partial charge on any atom is -0.339 e. The third-order valence-corrected chi connectivity index (χ3v) is 4.12. The molecule has 0 saturated heterocycles. The topological polar surface area (TPSA) is 51.0 Å². The molecule has 2 unspecified atom stereocenters. The first-order valence-electron chi connectivity index (χ1n) is 6.53. The Bertz CT molecular complexity index is 588. The molecule has 2 aromatic rings. The molecule has 1 heterocycles. The van der Waals surface area contributed by atoms with Gasteiger partial charge in [0.15, 0.2) is 0 Å². The number of likely N-dealkylation sites (N-methyl/N-ethyl adjacent to an activating group) is 1. The third-order valence-electron chi connectivity index (χ3n) is 3.43. The van der Waals surface area contributed by atoms with Crippen molar-refractivity contribution in [3.8, 4) is 11.4 Å². The van der Waals surface area contributed by atoms with E-state index in [0.29, 0.717) is 17.3 Å². The minimum absolute atomic E-state index is 0.133. The smallest absolute Gasteiger partial charge is 0.231 e. The van der Waals surface area contributed by atoms with Gasteiger partial charge in [-0.25, -0.2) is 4.39 Å². The summed E-state index contributed by atoms with van der Waals surface area (Å²) in [7, 11) is 1.90. The Morgan fingerprint density at radius 2 is 2.20 bits per heavy atom. The van der Waals surface area contributed by atoms with Gasteiger partial charge in [-0.1, -0.05) is 28.0 Å². The van der Waals surface area contributed by atoms with Gasteiger partial charge in [0, 0.05) is 16.1 Å². The van der Waals surface area contributed by atoms with Crippen LogP contribution in [-0.2, 0) is 0 Å². The first-order chi connectivity index (χ1) is 9.56. The van der Waals surface area contributed by atoms with E-state index in [1.165, 1.54) is 12.1 Å². The van der Waals surface area contributed by atoms with Gasteiger partial charge in [0.25, 0.3) is 0 Å². The summed E-state index contributed by atoms with van der Waals surface area (Å²) in [5.74, 6) is 0.771. The lowest BCUT2D eigenvalue weighted by molar-refractivity contribution is 0.322. The van der Waals surface area contributed by atoms with Crippen LogP contribution >= 0.6 is 15.9 Å². The van der Waals surface area contributed by atoms with E-state index in [1.807, 2.05) is 7.05 Å². The molecule has 2 atom stereocenters. The molecule has 0 saturated carbocycles. The lowest BCUT2D eigenvalue weighted by Crippen LogP contribution is -2.28. The molecule has 0 aliphatic carbocycles. The van der Waals surface area contributed by atoms with Crippen LogP contribution in [0.5, 0.6) is 0 Å². The van der Waals surface area contributed by atoms with Crippen molar-refractivity contribution >= 4 is 15.9 Å².